The number of nitrogens with zero attached hydrogens (tertiary/aromatic N) is 4. The predicted octanol–water partition coefficient (Wildman–Crippen LogP) is 11.8. The molecule has 0 atom stereocenters. The zero-order valence-corrected chi connectivity index (χ0v) is 28.2. The summed E-state index contributed by atoms with van der Waals surface area (Å²) in [5.74, 6) is 0.902. The van der Waals surface area contributed by atoms with Crippen LogP contribution in [-0.4, -0.2) is 19.8 Å². The van der Waals surface area contributed by atoms with Crippen LogP contribution in [0.2, 0.25) is 0 Å². The normalized spacial score (nSPS) is 12.3. The summed E-state index contributed by atoms with van der Waals surface area (Å²) in [4.78, 5) is 9.88. The van der Waals surface area contributed by atoms with Gasteiger partial charge in [0.2, 0.25) is 0 Å². The summed E-state index contributed by atoms with van der Waals surface area (Å²) in [5, 5.41) is 4.78. The predicted molar refractivity (Wildman–Crippen MR) is 215 cm³/mol. The van der Waals surface area contributed by atoms with Gasteiger partial charge in [-0.25, -0.2) is 9.98 Å². The number of benzene rings is 6. The van der Waals surface area contributed by atoms with Crippen LogP contribution >= 0.6 is 0 Å². The van der Waals surface area contributed by atoms with Gasteiger partial charge in [-0.2, -0.15) is 0 Å². The van der Waals surface area contributed by atoms with Crippen molar-refractivity contribution in [2.24, 2.45) is 4.99 Å². The van der Waals surface area contributed by atoms with Crippen molar-refractivity contribution in [1.29, 1.82) is 0 Å². The highest BCUT2D eigenvalue weighted by Gasteiger charge is 2.23. The maximum atomic E-state index is 5.02. The number of aromatic nitrogens is 3. The second kappa shape index (κ2) is 12.6. The standard InChI is InChI=1S/C47H34N4/c1-32(31-42(37-18-7-4-8-19-37)49-33(2)35-15-5-3-6-16-35)34-24-27-38(28-25-34)50-43-22-12-11-21-40(43)46-47(50)41-29-26-36-17-9-10-20-39(36)45(41)51(46)44-23-13-14-30-48-44/h3-31H,2H2,1H3/b32-31+,49-42?. The van der Waals surface area contributed by atoms with E-state index < -0.39 is 0 Å². The van der Waals surface area contributed by atoms with E-state index in [1.807, 2.05) is 60.8 Å². The van der Waals surface area contributed by atoms with Gasteiger partial charge in [0.05, 0.1) is 33.5 Å². The van der Waals surface area contributed by atoms with Crippen molar-refractivity contribution >= 4 is 60.6 Å². The van der Waals surface area contributed by atoms with Crippen LogP contribution in [0.5, 0.6) is 0 Å². The monoisotopic (exact) mass is 654 g/mol. The molecule has 0 aliphatic heterocycles. The molecule has 0 fully saturated rings. The van der Waals surface area contributed by atoms with Crippen molar-refractivity contribution in [1.82, 2.24) is 14.1 Å². The summed E-state index contributed by atoms with van der Waals surface area (Å²) in [6.45, 7) is 6.44. The van der Waals surface area contributed by atoms with Gasteiger partial charge in [-0.05, 0) is 65.4 Å². The number of allylic oxidation sites excluding steroid dienone is 2. The largest absolute Gasteiger partial charge is 0.307 e. The van der Waals surface area contributed by atoms with Crippen LogP contribution in [0.1, 0.15) is 23.6 Å². The van der Waals surface area contributed by atoms with Gasteiger partial charge >= 0.3 is 0 Å². The number of aliphatic imine (C=N–C) groups is 1. The van der Waals surface area contributed by atoms with Gasteiger partial charge in [-0.15, -0.1) is 0 Å². The first-order valence-corrected chi connectivity index (χ1v) is 17.2. The molecule has 51 heavy (non-hydrogen) atoms. The lowest BCUT2D eigenvalue weighted by atomic mass is 10.0. The van der Waals surface area contributed by atoms with Gasteiger partial charge in [0.25, 0.3) is 0 Å². The smallest absolute Gasteiger partial charge is 0.137 e. The van der Waals surface area contributed by atoms with Crippen molar-refractivity contribution < 1.29 is 0 Å². The number of rotatable bonds is 7. The Labute approximate surface area is 296 Å². The minimum absolute atomic E-state index is 0.731. The Morgan fingerprint density at radius 2 is 1.20 bits per heavy atom. The Morgan fingerprint density at radius 1 is 0.549 bits per heavy atom. The van der Waals surface area contributed by atoms with Crippen LogP contribution in [0.25, 0.3) is 66.4 Å². The summed E-state index contributed by atoms with van der Waals surface area (Å²) in [6.07, 6.45) is 4.03. The Balaban J connectivity index is 1.21. The molecule has 0 radical (unpaired) electrons. The quantitative estimate of drug-likeness (QED) is 0.158. The first kappa shape index (κ1) is 30.3. The van der Waals surface area contributed by atoms with Crippen molar-refractivity contribution in [2.45, 2.75) is 6.92 Å². The SMILES string of the molecule is C=C(N=C(/C=C(\C)c1ccc(-n2c3ccccc3c3c2c2ccc4ccccc4c2n3-c2ccccn2)cc1)c1ccccc1)c1ccccc1. The van der Waals surface area contributed by atoms with E-state index in [1.54, 1.807) is 0 Å². The molecular formula is C47H34N4. The third kappa shape index (κ3) is 5.25. The number of fused-ring (bicyclic) bond motifs is 7. The molecule has 0 spiro atoms. The highest BCUT2D eigenvalue weighted by atomic mass is 15.1. The molecule has 0 N–H and O–H groups in total. The molecule has 0 aliphatic carbocycles. The molecule has 9 aromatic rings. The van der Waals surface area contributed by atoms with Crippen LogP contribution in [0.15, 0.2) is 188 Å². The van der Waals surface area contributed by atoms with Crippen LogP contribution in [0, 0.1) is 0 Å². The van der Waals surface area contributed by atoms with Crippen LogP contribution < -0.4 is 0 Å². The number of hydrogen-bond donors (Lipinski definition) is 0. The molecule has 0 aliphatic rings. The number of hydrogen-bond acceptors (Lipinski definition) is 2. The molecular weight excluding hydrogens is 621 g/mol. The molecule has 0 saturated carbocycles. The maximum Gasteiger partial charge on any atom is 0.137 e. The fourth-order valence-electron chi connectivity index (χ4n) is 7.27. The first-order chi connectivity index (χ1) is 25.2. The van der Waals surface area contributed by atoms with E-state index in [4.69, 9.17) is 9.98 Å². The van der Waals surface area contributed by atoms with E-state index in [1.165, 1.54) is 27.1 Å². The van der Waals surface area contributed by atoms with Gasteiger partial charge in [-0.1, -0.05) is 140 Å². The fraction of sp³-hybridized carbons (Fsp3) is 0.0213. The summed E-state index contributed by atoms with van der Waals surface area (Å²) in [5.41, 5.74) is 11.6. The minimum atomic E-state index is 0.731. The molecule has 3 heterocycles. The second-order valence-electron chi connectivity index (χ2n) is 12.8. The zero-order valence-electron chi connectivity index (χ0n) is 28.2. The van der Waals surface area contributed by atoms with Crippen molar-refractivity contribution in [3.05, 3.63) is 199 Å². The third-order valence-electron chi connectivity index (χ3n) is 9.70. The minimum Gasteiger partial charge on any atom is -0.307 e. The van der Waals surface area contributed by atoms with E-state index in [-0.39, 0.29) is 0 Å². The van der Waals surface area contributed by atoms with Crippen molar-refractivity contribution in [2.75, 3.05) is 0 Å². The Morgan fingerprint density at radius 3 is 1.94 bits per heavy atom. The molecule has 4 nitrogen and oxygen atoms in total. The molecule has 9 rings (SSSR count). The first-order valence-electron chi connectivity index (χ1n) is 17.2. The topological polar surface area (TPSA) is 35.1 Å². The van der Waals surface area contributed by atoms with Gasteiger partial charge in [0, 0.05) is 33.6 Å². The summed E-state index contributed by atoms with van der Waals surface area (Å²) in [7, 11) is 0. The lowest BCUT2D eigenvalue weighted by Crippen LogP contribution is -1.99. The molecule has 0 bridgehead atoms. The summed E-state index contributed by atoms with van der Waals surface area (Å²) >= 11 is 0. The van der Waals surface area contributed by atoms with E-state index in [9.17, 15) is 0 Å². The summed E-state index contributed by atoms with van der Waals surface area (Å²) in [6, 6.07) is 57.2. The van der Waals surface area contributed by atoms with Gasteiger partial charge in [0.15, 0.2) is 0 Å². The average Bonchev–Trinajstić information content (AvgIpc) is 3.72. The van der Waals surface area contributed by atoms with Gasteiger partial charge < -0.3 is 4.57 Å². The average molecular weight is 655 g/mol. The van der Waals surface area contributed by atoms with Crippen molar-refractivity contribution in [3.63, 3.8) is 0 Å². The lowest BCUT2D eigenvalue weighted by molar-refractivity contribution is 1.09. The number of para-hydroxylation sites is 1. The Bertz CT molecular complexity index is 2780. The Kier molecular flexibility index (Phi) is 7.48. The highest BCUT2D eigenvalue weighted by Crippen LogP contribution is 2.42. The Hall–Kier alpha value is -6.78. The van der Waals surface area contributed by atoms with E-state index >= 15 is 0 Å². The van der Waals surface area contributed by atoms with Crippen LogP contribution in [0.4, 0.5) is 0 Å². The molecule has 242 valence electrons. The number of pyridine rings is 1. The maximum absolute atomic E-state index is 5.02. The van der Waals surface area contributed by atoms with E-state index in [2.05, 4.69) is 138 Å². The molecule has 3 aromatic heterocycles. The van der Waals surface area contributed by atoms with E-state index in [0.717, 1.165) is 61.7 Å². The van der Waals surface area contributed by atoms with Crippen LogP contribution in [0.3, 0.4) is 0 Å². The lowest BCUT2D eigenvalue weighted by Gasteiger charge is -2.11. The molecule has 0 saturated heterocycles. The molecule has 6 aromatic carbocycles. The van der Waals surface area contributed by atoms with Gasteiger partial charge in [0.1, 0.15) is 5.82 Å². The van der Waals surface area contributed by atoms with Gasteiger partial charge in [-0.3, -0.25) is 4.57 Å². The zero-order chi connectivity index (χ0) is 34.3. The highest BCUT2D eigenvalue weighted by molar-refractivity contribution is 6.24. The second-order valence-corrected chi connectivity index (χ2v) is 12.8. The summed E-state index contributed by atoms with van der Waals surface area (Å²) < 4.78 is 4.76. The van der Waals surface area contributed by atoms with Crippen LogP contribution in [-0.2, 0) is 0 Å². The molecule has 0 unspecified atom stereocenters. The third-order valence-corrected chi connectivity index (χ3v) is 9.70. The molecule has 0 amide bonds. The van der Waals surface area contributed by atoms with Crippen molar-refractivity contribution in [3.8, 4) is 11.5 Å². The van der Waals surface area contributed by atoms with E-state index in [0.29, 0.717) is 0 Å². The fourth-order valence-corrected chi connectivity index (χ4v) is 7.27. The molecule has 4 heteroatoms.